The fourth-order valence-corrected chi connectivity index (χ4v) is 8.30. The van der Waals surface area contributed by atoms with Gasteiger partial charge in [-0.05, 0) is 82.4 Å². The third kappa shape index (κ3) is 4.76. The lowest BCUT2D eigenvalue weighted by Gasteiger charge is -2.17. The number of para-hydroxylation sites is 4. The summed E-state index contributed by atoms with van der Waals surface area (Å²) in [6.45, 7) is 0. The topological polar surface area (TPSA) is 57.4 Å². The summed E-state index contributed by atoms with van der Waals surface area (Å²) in [7, 11) is 0. The summed E-state index contributed by atoms with van der Waals surface area (Å²) in [6.07, 6.45) is 0. The normalized spacial score (nSPS) is 11.3. The van der Waals surface area contributed by atoms with Crippen molar-refractivity contribution in [1.82, 2.24) is 9.13 Å². The van der Waals surface area contributed by atoms with Gasteiger partial charge in [0.2, 0.25) is 0 Å². The van der Waals surface area contributed by atoms with Gasteiger partial charge < -0.3 is 9.13 Å². The second kappa shape index (κ2) is 12.5. The first-order valence-electron chi connectivity index (χ1n) is 18.0. The van der Waals surface area contributed by atoms with E-state index in [-0.39, 0.29) is 0 Å². The molecule has 0 unspecified atom stereocenters. The Balaban J connectivity index is 1.20. The molecule has 8 aromatic carbocycles. The molecule has 10 aromatic rings. The molecule has 0 aliphatic rings. The number of rotatable bonds is 5. The van der Waals surface area contributed by atoms with Crippen molar-refractivity contribution in [3.63, 3.8) is 0 Å². The smallest absolute Gasteiger partial charge is 0.101 e. The third-order valence-corrected chi connectivity index (χ3v) is 10.6. The zero-order valence-electron chi connectivity index (χ0n) is 29.1. The summed E-state index contributed by atoms with van der Waals surface area (Å²) in [5, 5.41) is 24.4. The molecule has 2 aromatic heterocycles. The molecular weight excluding hydrogens is 657 g/mol. The van der Waals surface area contributed by atoms with E-state index >= 15 is 0 Å². The molecule has 0 saturated carbocycles. The van der Waals surface area contributed by atoms with Crippen molar-refractivity contribution in [2.75, 3.05) is 0 Å². The van der Waals surface area contributed by atoms with Crippen LogP contribution in [0.1, 0.15) is 11.1 Å². The summed E-state index contributed by atoms with van der Waals surface area (Å²) in [4.78, 5) is 0. The molecular formula is C50H30N4. The Labute approximate surface area is 312 Å². The lowest BCUT2D eigenvalue weighted by atomic mass is 9.88. The molecule has 0 bridgehead atoms. The van der Waals surface area contributed by atoms with Gasteiger partial charge in [-0.3, -0.25) is 0 Å². The number of nitrogens with zero attached hydrogens (tertiary/aromatic N) is 4. The lowest BCUT2D eigenvalue weighted by Crippen LogP contribution is -1.97. The highest BCUT2D eigenvalue weighted by Gasteiger charge is 2.21. The molecule has 0 atom stereocenters. The molecule has 0 saturated heterocycles. The van der Waals surface area contributed by atoms with Crippen molar-refractivity contribution < 1.29 is 0 Å². The van der Waals surface area contributed by atoms with E-state index in [1.807, 2.05) is 42.5 Å². The summed E-state index contributed by atoms with van der Waals surface area (Å²) in [5.41, 5.74) is 14.2. The first-order valence-corrected chi connectivity index (χ1v) is 18.0. The second-order valence-corrected chi connectivity index (χ2v) is 13.5. The minimum absolute atomic E-state index is 0.625. The van der Waals surface area contributed by atoms with E-state index in [1.54, 1.807) is 0 Å². The van der Waals surface area contributed by atoms with Gasteiger partial charge in [0, 0.05) is 32.8 Å². The molecule has 0 amide bonds. The fourth-order valence-electron chi connectivity index (χ4n) is 8.30. The maximum Gasteiger partial charge on any atom is 0.101 e. The minimum Gasteiger partial charge on any atom is -0.309 e. The number of aromatic nitrogens is 2. The van der Waals surface area contributed by atoms with E-state index in [4.69, 9.17) is 0 Å². The van der Waals surface area contributed by atoms with Crippen molar-refractivity contribution in [3.8, 4) is 56.9 Å². The molecule has 2 heterocycles. The monoisotopic (exact) mass is 686 g/mol. The van der Waals surface area contributed by atoms with Crippen LogP contribution in [0.3, 0.4) is 0 Å². The lowest BCUT2D eigenvalue weighted by molar-refractivity contribution is 1.17. The molecule has 0 N–H and O–H groups in total. The average molecular weight is 687 g/mol. The van der Waals surface area contributed by atoms with Gasteiger partial charge in [0.05, 0.1) is 45.0 Å². The highest BCUT2D eigenvalue weighted by Crippen LogP contribution is 2.44. The number of nitriles is 2. The molecule has 54 heavy (non-hydrogen) atoms. The highest BCUT2D eigenvalue weighted by atomic mass is 15.0. The van der Waals surface area contributed by atoms with Crippen LogP contribution in [-0.4, -0.2) is 9.13 Å². The van der Waals surface area contributed by atoms with E-state index in [0.29, 0.717) is 11.1 Å². The summed E-state index contributed by atoms with van der Waals surface area (Å²) in [6, 6.07) is 67.9. The van der Waals surface area contributed by atoms with Crippen LogP contribution < -0.4 is 0 Å². The standard InChI is InChI=1S/C50H30N4/c51-31-33-13-11-15-36(29-33)53-47-25-9-6-20-41(47)44-23-12-22-43(50(44)53)40-19-5-4-18-39(40)38-17-3-2-16-37(38)34-27-28-49-45(30-34)42-21-7-10-26-48(42)54(49)46-24-8-1-14-35(46)32-52/h1-30H. The van der Waals surface area contributed by atoms with Gasteiger partial charge in [-0.1, -0.05) is 127 Å². The van der Waals surface area contributed by atoms with Crippen molar-refractivity contribution in [2.45, 2.75) is 0 Å². The Kier molecular flexibility index (Phi) is 7.22. The van der Waals surface area contributed by atoms with Crippen LogP contribution in [0.25, 0.3) is 88.4 Å². The molecule has 250 valence electrons. The second-order valence-electron chi connectivity index (χ2n) is 13.5. The van der Waals surface area contributed by atoms with Gasteiger partial charge in [-0.25, -0.2) is 0 Å². The van der Waals surface area contributed by atoms with Crippen LogP contribution in [-0.2, 0) is 0 Å². The van der Waals surface area contributed by atoms with Crippen LogP contribution in [0.4, 0.5) is 0 Å². The van der Waals surface area contributed by atoms with Gasteiger partial charge in [0.15, 0.2) is 0 Å². The SMILES string of the molecule is N#Cc1cccc(-n2c3ccccc3c3cccc(-c4ccccc4-c4ccccc4-c4ccc5c(c4)c4ccccc4n5-c4ccccc4C#N)c32)c1. The molecule has 0 aliphatic carbocycles. The Bertz CT molecular complexity index is 3200. The molecule has 0 radical (unpaired) electrons. The molecule has 0 aliphatic heterocycles. The Morgan fingerprint density at radius 3 is 1.69 bits per heavy atom. The van der Waals surface area contributed by atoms with Crippen LogP contribution in [0, 0.1) is 22.7 Å². The summed E-state index contributed by atoms with van der Waals surface area (Å²) >= 11 is 0. The maximum absolute atomic E-state index is 10.0. The molecule has 4 heteroatoms. The van der Waals surface area contributed by atoms with Crippen LogP contribution in [0.15, 0.2) is 182 Å². The Morgan fingerprint density at radius 2 is 0.926 bits per heavy atom. The van der Waals surface area contributed by atoms with Crippen molar-refractivity contribution >= 4 is 43.6 Å². The van der Waals surface area contributed by atoms with Gasteiger partial charge >= 0.3 is 0 Å². The highest BCUT2D eigenvalue weighted by molar-refractivity contribution is 6.15. The van der Waals surface area contributed by atoms with E-state index in [1.165, 1.54) is 5.39 Å². The van der Waals surface area contributed by atoms with Gasteiger partial charge in [-0.15, -0.1) is 0 Å². The molecule has 0 fully saturated rings. The number of fused-ring (bicyclic) bond motifs is 6. The largest absolute Gasteiger partial charge is 0.309 e. The molecule has 0 spiro atoms. The fraction of sp³-hybridized carbons (Fsp3) is 0. The summed E-state index contributed by atoms with van der Waals surface area (Å²) < 4.78 is 4.51. The van der Waals surface area contributed by atoms with Gasteiger partial charge in [-0.2, -0.15) is 10.5 Å². The average Bonchev–Trinajstić information content (AvgIpc) is 3.76. The first-order chi connectivity index (χ1) is 26.7. The van der Waals surface area contributed by atoms with E-state index in [0.717, 1.165) is 83.0 Å². The van der Waals surface area contributed by atoms with Crippen LogP contribution in [0.2, 0.25) is 0 Å². The quantitative estimate of drug-likeness (QED) is 0.181. The number of hydrogen-bond acceptors (Lipinski definition) is 2. The zero-order chi connectivity index (χ0) is 36.2. The molecule has 10 rings (SSSR count). The Hall–Kier alpha value is -7.66. The number of hydrogen-bond donors (Lipinski definition) is 0. The van der Waals surface area contributed by atoms with Gasteiger partial charge in [0.25, 0.3) is 0 Å². The minimum atomic E-state index is 0.625. The number of benzene rings is 8. The van der Waals surface area contributed by atoms with Crippen molar-refractivity contribution in [2.24, 2.45) is 0 Å². The van der Waals surface area contributed by atoms with Gasteiger partial charge in [0.1, 0.15) is 6.07 Å². The van der Waals surface area contributed by atoms with E-state index < -0.39 is 0 Å². The third-order valence-electron chi connectivity index (χ3n) is 10.6. The van der Waals surface area contributed by atoms with Crippen LogP contribution in [0.5, 0.6) is 0 Å². The van der Waals surface area contributed by atoms with Crippen LogP contribution >= 0.6 is 0 Å². The van der Waals surface area contributed by atoms with Crippen molar-refractivity contribution in [3.05, 3.63) is 193 Å². The van der Waals surface area contributed by atoms with E-state index in [2.05, 4.69) is 161 Å². The zero-order valence-corrected chi connectivity index (χ0v) is 29.1. The molecule has 4 nitrogen and oxygen atoms in total. The predicted octanol–water partition coefficient (Wildman–Crippen LogP) is 12.6. The Morgan fingerprint density at radius 1 is 0.370 bits per heavy atom. The first kappa shape index (κ1) is 31.1. The van der Waals surface area contributed by atoms with Crippen molar-refractivity contribution in [1.29, 1.82) is 10.5 Å². The maximum atomic E-state index is 10.0. The summed E-state index contributed by atoms with van der Waals surface area (Å²) in [5.74, 6) is 0. The predicted molar refractivity (Wildman–Crippen MR) is 221 cm³/mol. The van der Waals surface area contributed by atoms with E-state index in [9.17, 15) is 10.5 Å².